The van der Waals surface area contributed by atoms with Crippen LogP contribution in [0.3, 0.4) is 0 Å². The van der Waals surface area contributed by atoms with Gasteiger partial charge in [-0.05, 0) is 37.1 Å². The summed E-state index contributed by atoms with van der Waals surface area (Å²) in [7, 11) is -3.77. The van der Waals surface area contributed by atoms with Crippen molar-refractivity contribution in [3.05, 3.63) is 64.1 Å². The van der Waals surface area contributed by atoms with Crippen molar-refractivity contribution < 1.29 is 22.7 Å². The maximum Gasteiger partial charge on any atom is 0.306 e. The molecule has 0 saturated carbocycles. The van der Waals surface area contributed by atoms with E-state index in [0.717, 1.165) is 5.56 Å². The highest BCUT2D eigenvalue weighted by Gasteiger charge is 2.16. The molecule has 0 bridgehead atoms. The summed E-state index contributed by atoms with van der Waals surface area (Å²) >= 11 is 11.6. The summed E-state index contributed by atoms with van der Waals surface area (Å²) in [5, 5.41) is 3.12. The predicted molar refractivity (Wildman–Crippen MR) is 115 cm³/mol. The zero-order valence-corrected chi connectivity index (χ0v) is 18.6. The van der Waals surface area contributed by atoms with Crippen molar-refractivity contribution in [1.82, 2.24) is 10.0 Å². The summed E-state index contributed by atoms with van der Waals surface area (Å²) < 4.78 is 31.7. The molecular formula is C20H22Cl2N2O5S. The smallest absolute Gasteiger partial charge is 0.306 e. The van der Waals surface area contributed by atoms with E-state index in [4.69, 9.17) is 27.9 Å². The van der Waals surface area contributed by atoms with Crippen LogP contribution in [0.4, 0.5) is 0 Å². The van der Waals surface area contributed by atoms with Crippen LogP contribution in [0, 0.1) is 0 Å². The van der Waals surface area contributed by atoms with E-state index in [1.54, 1.807) is 0 Å². The molecule has 0 fully saturated rings. The van der Waals surface area contributed by atoms with E-state index in [0.29, 0.717) is 0 Å². The first-order valence-electron chi connectivity index (χ1n) is 9.13. The molecule has 1 amide bonds. The zero-order chi connectivity index (χ0) is 22.1. The fraction of sp³-hybridized carbons (Fsp3) is 0.300. The normalized spacial score (nSPS) is 12.2. The largest absolute Gasteiger partial charge is 0.456 e. The van der Waals surface area contributed by atoms with Crippen molar-refractivity contribution in [3.8, 4) is 0 Å². The van der Waals surface area contributed by atoms with Gasteiger partial charge in [-0.25, -0.2) is 13.1 Å². The molecule has 0 aromatic heterocycles. The van der Waals surface area contributed by atoms with Gasteiger partial charge >= 0.3 is 5.97 Å². The van der Waals surface area contributed by atoms with E-state index in [-0.39, 0.29) is 40.4 Å². The topological polar surface area (TPSA) is 102 Å². The molecule has 0 aliphatic carbocycles. The molecule has 2 aromatic rings. The lowest BCUT2D eigenvalue weighted by Crippen LogP contribution is -2.31. The van der Waals surface area contributed by atoms with E-state index in [2.05, 4.69) is 10.0 Å². The Bertz CT molecular complexity index is 984. The minimum atomic E-state index is -3.77. The highest BCUT2D eigenvalue weighted by atomic mass is 35.5. The van der Waals surface area contributed by atoms with E-state index in [1.165, 1.54) is 18.2 Å². The van der Waals surface area contributed by atoms with Gasteiger partial charge in [0.2, 0.25) is 10.0 Å². The van der Waals surface area contributed by atoms with Crippen molar-refractivity contribution >= 4 is 45.1 Å². The van der Waals surface area contributed by atoms with Crippen LogP contribution in [-0.2, 0) is 24.3 Å². The average molecular weight is 473 g/mol. The summed E-state index contributed by atoms with van der Waals surface area (Å²) in [5.41, 5.74) is 0.937. The number of sulfonamides is 1. The fourth-order valence-corrected chi connectivity index (χ4v) is 3.96. The first kappa shape index (κ1) is 24.1. The second-order valence-electron chi connectivity index (χ2n) is 6.44. The molecule has 10 heteroatoms. The first-order chi connectivity index (χ1) is 14.2. The Morgan fingerprint density at radius 1 is 1.07 bits per heavy atom. The molecule has 2 aromatic carbocycles. The molecule has 0 saturated heterocycles. The minimum absolute atomic E-state index is 0.0227. The predicted octanol–water partition coefficient (Wildman–Crippen LogP) is 3.47. The molecule has 7 nitrogen and oxygen atoms in total. The van der Waals surface area contributed by atoms with Crippen molar-refractivity contribution in [1.29, 1.82) is 0 Å². The van der Waals surface area contributed by atoms with Gasteiger partial charge in [0.05, 0.1) is 21.0 Å². The highest BCUT2D eigenvalue weighted by Crippen LogP contribution is 2.24. The van der Waals surface area contributed by atoms with Crippen LogP contribution in [-0.4, -0.2) is 33.4 Å². The van der Waals surface area contributed by atoms with Gasteiger partial charge in [-0.1, -0.05) is 53.5 Å². The molecule has 0 radical (unpaired) electrons. The maximum atomic E-state index is 12.2. The van der Waals surface area contributed by atoms with E-state index in [1.807, 2.05) is 37.3 Å². The molecule has 1 atom stereocenters. The Balaban J connectivity index is 1.68. The molecule has 2 rings (SSSR count). The van der Waals surface area contributed by atoms with Gasteiger partial charge in [0.25, 0.3) is 5.91 Å². The Morgan fingerprint density at radius 3 is 2.43 bits per heavy atom. The monoisotopic (exact) mass is 472 g/mol. The SMILES string of the molecule is C[C@@H](NC(=O)COC(=O)CCCNS(=O)(=O)c1ccc(Cl)c(Cl)c1)c1ccccc1. The molecule has 2 N–H and O–H groups in total. The van der Waals surface area contributed by atoms with Crippen molar-refractivity contribution in [3.63, 3.8) is 0 Å². The average Bonchev–Trinajstić information content (AvgIpc) is 2.72. The van der Waals surface area contributed by atoms with Crippen LogP contribution in [0.15, 0.2) is 53.4 Å². The lowest BCUT2D eigenvalue weighted by molar-refractivity contribution is -0.148. The summed E-state index contributed by atoms with van der Waals surface area (Å²) in [6, 6.07) is 13.1. The number of hydrogen-bond acceptors (Lipinski definition) is 5. The maximum absolute atomic E-state index is 12.2. The van der Waals surface area contributed by atoms with Crippen LogP contribution in [0.1, 0.15) is 31.4 Å². The highest BCUT2D eigenvalue weighted by molar-refractivity contribution is 7.89. The quantitative estimate of drug-likeness (QED) is 0.407. The number of esters is 1. The molecule has 162 valence electrons. The van der Waals surface area contributed by atoms with E-state index >= 15 is 0 Å². The lowest BCUT2D eigenvalue weighted by Gasteiger charge is -2.14. The number of carbonyl (C=O) groups excluding carboxylic acids is 2. The van der Waals surface area contributed by atoms with Crippen LogP contribution in [0.5, 0.6) is 0 Å². The molecule has 0 heterocycles. The molecular weight excluding hydrogens is 451 g/mol. The Hall–Kier alpha value is -2.13. The Labute approximate surface area is 185 Å². The molecule has 0 aliphatic heterocycles. The van der Waals surface area contributed by atoms with Crippen LogP contribution >= 0.6 is 23.2 Å². The van der Waals surface area contributed by atoms with Crippen molar-refractivity contribution in [2.75, 3.05) is 13.2 Å². The van der Waals surface area contributed by atoms with Gasteiger partial charge in [-0.3, -0.25) is 9.59 Å². The van der Waals surface area contributed by atoms with E-state index < -0.39 is 28.5 Å². The summed E-state index contributed by atoms with van der Waals surface area (Å²) in [4.78, 5) is 23.6. The van der Waals surface area contributed by atoms with Crippen LogP contribution < -0.4 is 10.0 Å². The van der Waals surface area contributed by atoms with Crippen LogP contribution in [0.25, 0.3) is 0 Å². The third kappa shape index (κ3) is 7.60. The number of ether oxygens (including phenoxy) is 1. The number of benzene rings is 2. The molecule has 30 heavy (non-hydrogen) atoms. The third-order valence-electron chi connectivity index (χ3n) is 4.09. The molecule has 0 aliphatic rings. The van der Waals surface area contributed by atoms with E-state index in [9.17, 15) is 18.0 Å². The number of hydrogen-bond donors (Lipinski definition) is 2. The van der Waals surface area contributed by atoms with Gasteiger partial charge in [0, 0.05) is 13.0 Å². The van der Waals surface area contributed by atoms with Crippen molar-refractivity contribution in [2.24, 2.45) is 0 Å². The van der Waals surface area contributed by atoms with Gasteiger partial charge in [0.15, 0.2) is 6.61 Å². The second-order valence-corrected chi connectivity index (χ2v) is 9.02. The fourth-order valence-electron chi connectivity index (χ4n) is 2.49. The first-order valence-corrected chi connectivity index (χ1v) is 11.4. The number of halogens is 2. The number of amides is 1. The lowest BCUT2D eigenvalue weighted by atomic mass is 10.1. The third-order valence-corrected chi connectivity index (χ3v) is 6.29. The van der Waals surface area contributed by atoms with Crippen LogP contribution in [0.2, 0.25) is 10.0 Å². The molecule has 0 unspecified atom stereocenters. The summed E-state index contributed by atoms with van der Waals surface area (Å²) in [6.07, 6.45) is 0.173. The Morgan fingerprint density at radius 2 is 1.77 bits per heavy atom. The van der Waals surface area contributed by atoms with Gasteiger partial charge in [0.1, 0.15) is 0 Å². The summed E-state index contributed by atoms with van der Waals surface area (Å²) in [6.45, 7) is 1.45. The minimum Gasteiger partial charge on any atom is -0.456 e. The zero-order valence-electron chi connectivity index (χ0n) is 16.2. The molecule has 0 spiro atoms. The van der Waals surface area contributed by atoms with Gasteiger partial charge < -0.3 is 10.1 Å². The standard InChI is InChI=1S/C20H22Cl2N2O5S/c1-14(15-6-3-2-4-7-15)24-19(25)13-29-20(26)8-5-11-23-30(27,28)16-9-10-17(21)18(22)12-16/h2-4,6-7,9-10,12,14,23H,5,8,11,13H2,1H3,(H,24,25)/t14-/m1/s1. The summed E-state index contributed by atoms with van der Waals surface area (Å²) in [5.74, 6) is -1.01. The van der Waals surface area contributed by atoms with Gasteiger partial charge in [-0.2, -0.15) is 0 Å². The number of nitrogens with one attached hydrogen (secondary N) is 2. The van der Waals surface area contributed by atoms with Gasteiger partial charge in [-0.15, -0.1) is 0 Å². The Kier molecular flexibility index (Phi) is 9.10. The number of carbonyl (C=O) groups is 2. The number of rotatable bonds is 10. The van der Waals surface area contributed by atoms with Crippen molar-refractivity contribution in [2.45, 2.75) is 30.7 Å². The second kappa shape index (κ2) is 11.3.